The molecule has 1 unspecified atom stereocenters. The predicted molar refractivity (Wildman–Crippen MR) is 68.8 cm³/mol. The van der Waals surface area contributed by atoms with Gasteiger partial charge in [0, 0.05) is 19.2 Å². The normalized spacial score (nSPS) is 18.9. The molecule has 0 radical (unpaired) electrons. The molecule has 108 valence electrons. The summed E-state index contributed by atoms with van der Waals surface area (Å²) in [4.78, 5) is 22.1. The lowest BCUT2D eigenvalue weighted by Gasteiger charge is -2.33. The Morgan fingerprint density at radius 1 is 1.35 bits per heavy atom. The SMILES string of the molecule is O=[N+]([O-])c1ccc(N2CCOC(CO)C2)c([N+](=O)[O-])c1. The second kappa shape index (κ2) is 5.80. The van der Waals surface area contributed by atoms with Crippen LogP contribution >= 0.6 is 0 Å². The third-order valence-electron chi connectivity index (χ3n) is 3.05. The molecule has 1 saturated heterocycles. The predicted octanol–water partition coefficient (Wildman–Crippen LogP) is 0.700. The number of non-ortho nitro benzene ring substituents is 1. The molecule has 0 bridgehead atoms. The molecule has 1 fully saturated rings. The molecule has 1 heterocycles. The highest BCUT2D eigenvalue weighted by Gasteiger charge is 2.27. The van der Waals surface area contributed by atoms with Crippen molar-refractivity contribution in [1.82, 2.24) is 0 Å². The molecule has 0 spiro atoms. The first-order chi connectivity index (χ1) is 9.52. The maximum Gasteiger partial charge on any atom is 0.299 e. The van der Waals surface area contributed by atoms with Gasteiger partial charge in [-0.25, -0.2) is 0 Å². The topological polar surface area (TPSA) is 119 Å². The summed E-state index contributed by atoms with van der Waals surface area (Å²) in [6.45, 7) is 0.876. The monoisotopic (exact) mass is 283 g/mol. The summed E-state index contributed by atoms with van der Waals surface area (Å²) in [5.41, 5.74) is -0.354. The molecule has 1 N–H and O–H groups in total. The minimum Gasteiger partial charge on any atom is -0.394 e. The van der Waals surface area contributed by atoms with Gasteiger partial charge < -0.3 is 14.7 Å². The van der Waals surface area contributed by atoms with Crippen molar-refractivity contribution in [2.45, 2.75) is 6.10 Å². The molecule has 1 atom stereocenters. The molecular weight excluding hydrogens is 270 g/mol. The Hall–Kier alpha value is -2.26. The van der Waals surface area contributed by atoms with Crippen LogP contribution in [0.15, 0.2) is 18.2 Å². The van der Waals surface area contributed by atoms with Crippen LogP contribution in [0.4, 0.5) is 17.1 Å². The molecule has 9 heteroatoms. The number of rotatable bonds is 4. The summed E-state index contributed by atoms with van der Waals surface area (Å²) >= 11 is 0. The zero-order chi connectivity index (χ0) is 14.7. The van der Waals surface area contributed by atoms with Crippen LogP contribution in [0, 0.1) is 20.2 Å². The Labute approximate surface area is 113 Å². The van der Waals surface area contributed by atoms with Crippen LogP contribution in [0.25, 0.3) is 0 Å². The van der Waals surface area contributed by atoms with Gasteiger partial charge in [-0.3, -0.25) is 20.2 Å². The molecule has 1 aliphatic heterocycles. The van der Waals surface area contributed by atoms with Gasteiger partial charge in [0.25, 0.3) is 11.4 Å². The highest BCUT2D eigenvalue weighted by Crippen LogP contribution is 2.32. The summed E-state index contributed by atoms with van der Waals surface area (Å²) in [5, 5.41) is 30.8. The van der Waals surface area contributed by atoms with E-state index >= 15 is 0 Å². The molecule has 1 aromatic rings. The number of aliphatic hydroxyl groups excluding tert-OH is 1. The minimum absolute atomic E-state index is 0.183. The number of hydrogen-bond donors (Lipinski definition) is 1. The number of morpholine rings is 1. The van der Waals surface area contributed by atoms with Crippen LogP contribution in [-0.4, -0.2) is 47.4 Å². The second-order valence-electron chi connectivity index (χ2n) is 4.31. The highest BCUT2D eigenvalue weighted by atomic mass is 16.6. The third-order valence-corrected chi connectivity index (χ3v) is 3.05. The summed E-state index contributed by atoms with van der Waals surface area (Å²) in [5.74, 6) is 0. The lowest BCUT2D eigenvalue weighted by molar-refractivity contribution is -0.393. The zero-order valence-electron chi connectivity index (χ0n) is 10.5. The van der Waals surface area contributed by atoms with Gasteiger partial charge in [-0.2, -0.15) is 0 Å². The molecule has 0 aromatic heterocycles. The van der Waals surface area contributed by atoms with Crippen LogP contribution in [0.1, 0.15) is 0 Å². The number of ether oxygens (including phenoxy) is 1. The fraction of sp³-hybridized carbons (Fsp3) is 0.455. The minimum atomic E-state index is -0.674. The Kier molecular flexibility index (Phi) is 4.11. The van der Waals surface area contributed by atoms with E-state index in [0.717, 1.165) is 6.07 Å². The van der Waals surface area contributed by atoms with Crippen LogP contribution < -0.4 is 4.90 Å². The Balaban J connectivity index is 2.35. The molecule has 0 saturated carbocycles. The van der Waals surface area contributed by atoms with Crippen molar-refractivity contribution in [2.75, 3.05) is 31.2 Å². The van der Waals surface area contributed by atoms with Gasteiger partial charge in [0.05, 0.1) is 35.2 Å². The van der Waals surface area contributed by atoms with Crippen molar-refractivity contribution in [3.63, 3.8) is 0 Å². The van der Waals surface area contributed by atoms with Crippen molar-refractivity contribution >= 4 is 17.1 Å². The van der Waals surface area contributed by atoms with Crippen molar-refractivity contribution in [3.05, 3.63) is 38.4 Å². The first-order valence-corrected chi connectivity index (χ1v) is 5.93. The van der Waals surface area contributed by atoms with Gasteiger partial charge in [-0.1, -0.05) is 0 Å². The molecule has 2 rings (SSSR count). The van der Waals surface area contributed by atoms with Gasteiger partial charge in [0.15, 0.2) is 0 Å². The van der Waals surface area contributed by atoms with Crippen LogP contribution in [-0.2, 0) is 4.74 Å². The average molecular weight is 283 g/mol. The van der Waals surface area contributed by atoms with E-state index in [1.54, 1.807) is 4.90 Å². The maximum absolute atomic E-state index is 11.1. The van der Waals surface area contributed by atoms with E-state index in [2.05, 4.69) is 0 Å². The number of anilines is 1. The summed E-state index contributed by atoms with van der Waals surface area (Å²) in [7, 11) is 0. The van der Waals surface area contributed by atoms with E-state index in [9.17, 15) is 20.2 Å². The number of nitro benzene ring substituents is 2. The van der Waals surface area contributed by atoms with E-state index in [-0.39, 0.29) is 18.0 Å². The molecule has 1 aromatic carbocycles. The first kappa shape index (κ1) is 14.2. The van der Waals surface area contributed by atoms with Crippen molar-refractivity contribution < 1.29 is 19.7 Å². The Morgan fingerprint density at radius 2 is 2.10 bits per heavy atom. The van der Waals surface area contributed by atoms with Gasteiger partial charge in [0.2, 0.25) is 0 Å². The number of nitrogens with zero attached hydrogens (tertiary/aromatic N) is 3. The number of aliphatic hydroxyl groups is 1. The largest absolute Gasteiger partial charge is 0.394 e. The summed E-state index contributed by atoms with van der Waals surface area (Å²) in [6.07, 6.45) is -0.418. The van der Waals surface area contributed by atoms with Gasteiger partial charge in [-0.05, 0) is 6.07 Å². The van der Waals surface area contributed by atoms with Crippen molar-refractivity contribution in [3.8, 4) is 0 Å². The molecule has 20 heavy (non-hydrogen) atoms. The van der Waals surface area contributed by atoms with Crippen LogP contribution in [0.5, 0.6) is 0 Å². The Morgan fingerprint density at radius 3 is 2.70 bits per heavy atom. The lowest BCUT2D eigenvalue weighted by atomic mass is 10.2. The average Bonchev–Trinajstić information content (AvgIpc) is 2.46. The molecule has 9 nitrogen and oxygen atoms in total. The van der Waals surface area contributed by atoms with Gasteiger partial charge in [0.1, 0.15) is 5.69 Å². The van der Waals surface area contributed by atoms with E-state index in [1.165, 1.54) is 12.1 Å². The second-order valence-corrected chi connectivity index (χ2v) is 4.31. The van der Waals surface area contributed by atoms with E-state index in [1.807, 2.05) is 0 Å². The maximum atomic E-state index is 11.1. The standard InChI is InChI=1S/C11H13N3O6/c15-7-9-6-12(3-4-20-9)10-2-1-8(13(16)17)5-11(10)14(18)19/h1-2,5,9,15H,3-4,6-7H2. The third kappa shape index (κ3) is 2.83. The van der Waals surface area contributed by atoms with E-state index < -0.39 is 16.0 Å². The van der Waals surface area contributed by atoms with Gasteiger partial charge in [-0.15, -0.1) is 0 Å². The van der Waals surface area contributed by atoms with Crippen LogP contribution in [0.2, 0.25) is 0 Å². The molecule has 0 amide bonds. The van der Waals surface area contributed by atoms with Crippen molar-refractivity contribution in [1.29, 1.82) is 0 Å². The molecule has 0 aliphatic carbocycles. The number of hydrogen-bond acceptors (Lipinski definition) is 7. The Bertz CT molecular complexity index is 535. The zero-order valence-corrected chi connectivity index (χ0v) is 10.5. The highest BCUT2D eigenvalue weighted by molar-refractivity contribution is 5.67. The van der Waals surface area contributed by atoms with Crippen LogP contribution in [0.3, 0.4) is 0 Å². The fourth-order valence-electron chi connectivity index (χ4n) is 2.09. The quantitative estimate of drug-likeness (QED) is 0.638. The smallest absolute Gasteiger partial charge is 0.299 e. The number of benzene rings is 1. The van der Waals surface area contributed by atoms with E-state index in [4.69, 9.17) is 9.84 Å². The lowest BCUT2D eigenvalue weighted by Crippen LogP contribution is -2.44. The molecule has 1 aliphatic rings. The van der Waals surface area contributed by atoms with Gasteiger partial charge >= 0.3 is 0 Å². The fourth-order valence-corrected chi connectivity index (χ4v) is 2.09. The van der Waals surface area contributed by atoms with Crippen molar-refractivity contribution in [2.24, 2.45) is 0 Å². The summed E-state index contributed by atoms with van der Waals surface area (Å²) in [6, 6.07) is 3.53. The molecular formula is C11H13N3O6. The summed E-state index contributed by atoms with van der Waals surface area (Å²) < 4.78 is 5.27. The van der Waals surface area contributed by atoms with E-state index in [0.29, 0.717) is 25.4 Å². The number of nitro groups is 2. The first-order valence-electron chi connectivity index (χ1n) is 5.93.